The van der Waals surface area contributed by atoms with Crippen molar-refractivity contribution in [3.8, 4) is 0 Å². The van der Waals surface area contributed by atoms with Crippen LogP contribution in [0.2, 0.25) is 0 Å². The molecule has 0 spiro atoms. The minimum Gasteiger partial charge on any atom is -0.337 e. The Kier molecular flexibility index (Phi) is 4.29. The minimum atomic E-state index is 0.267. The van der Waals surface area contributed by atoms with Crippen LogP contribution in [0.5, 0.6) is 0 Å². The van der Waals surface area contributed by atoms with E-state index >= 15 is 0 Å². The van der Waals surface area contributed by atoms with E-state index in [2.05, 4.69) is 24.3 Å². The van der Waals surface area contributed by atoms with Crippen LogP contribution >= 0.6 is 0 Å². The van der Waals surface area contributed by atoms with Crippen molar-refractivity contribution in [1.29, 1.82) is 0 Å². The van der Waals surface area contributed by atoms with E-state index in [1.165, 1.54) is 0 Å². The number of imidazole rings is 1. The van der Waals surface area contributed by atoms with Crippen molar-refractivity contribution in [3.63, 3.8) is 0 Å². The van der Waals surface area contributed by atoms with Crippen molar-refractivity contribution in [3.05, 3.63) is 47.8 Å². The first kappa shape index (κ1) is 16.3. The van der Waals surface area contributed by atoms with Gasteiger partial charge in [0.25, 0.3) is 0 Å². The third-order valence-electron chi connectivity index (χ3n) is 5.54. The molecule has 6 heteroatoms. The highest BCUT2D eigenvalue weighted by Gasteiger charge is 2.43. The first-order valence-electron chi connectivity index (χ1n) is 9.04. The average molecular weight is 339 g/mol. The third-order valence-corrected chi connectivity index (χ3v) is 5.54. The van der Waals surface area contributed by atoms with E-state index in [1.807, 2.05) is 44.6 Å². The normalized spacial score (nSPS) is 23.9. The summed E-state index contributed by atoms with van der Waals surface area (Å²) in [5.74, 6) is 1.35. The van der Waals surface area contributed by atoms with Gasteiger partial charge in [0.1, 0.15) is 5.82 Å². The molecule has 0 bridgehead atoms. The number of aryl methyl sites for hydroxylation is 2. The second kappa shape index (κ2) is 6.59. The van der Waals surface area contributed by atoms with Crippen molar-refractivity contribution in [2.75, 3.05) is 6.54 Å². The summed E-state index contributed by atoms with van der Waals surface area (Å²) in [5, 5.41) is 0. The minimum absolute atomic E-state index is 0.267. The summed E-state index contributed by atoms with van der Waals surface area (Å²) in [6.45, 7) is 4.50. The number of pyridine rings is 1. The van der Waals surface area contributed by atoms with Gasteiger partial charge < -0.3 is 9.47 Å². The summed E-state index contributed by atoms with van der Waals surface area (Å²) in [7, 11) is 2.04. The molecule has 2 aromatic rings. The molecule has 0 aromatic carbocycles. The maximum absolute atomic E-state index is 12.6. The molecule has 2 fully saturated rings. The van der Waals surface area contributed by atoms with E-state index in [1.54, 1.807) is 0 Å². The second-order valence-electron chi connectivity index (χ2n) is 7.18. The first-order valence-corrected chi connectivity index (χ1v) is 9.04. The number of nitrogens with zero attached hydrogens (tertiary/aromatic N) is 5. The van der Waals surface area contributed by atoms with Gasteiger partial charge in [-0.2, -0.15) is 0 Å². The number of amides is 1. The van der Waals surface area contributed by atoms with Crippen LogP contribution in [0.1, 0.15) is 36.5 Å². The lowest BCUT2D eigenvalue weighted by molar-refractivity contribution is -0.138. The maximum atomic E-state index is 12.6. The summed E-state index contributed by atoms with van der Waals surface area (Å²) < 4.78 is 2.08. The highest BCUT2D eigenvalue weighted by atomic mass is 16.2. The number of carbonyl (C=O) groups is 1. The van der Waals surface area contributed by atoms with Crippen LogP contribution in [0.15, 0.2) is 30.6 Å². The average Bonchev–Trinajstić information content (AvgIpc) is 3.18. The smallest absolute Gasteiger partial charge is 0.223 e. The molecule has 2 aromatic heterocycles. The number of aromatic nitrogens is 3. The van der Waals surface area contributed by atoms with Crippen LogP contribution in [0, 0.1) is 6.92 Å². The molecule has 0 radical (unpaired) electrons. The summed E-state index contributed by atoms with van der Waals surface area (Å²) in [6.07, 6.45) is 6.45. The molecule has 25 heavy (non-hydrogen) atoms. The monoisotopic (exact) mass is 339 g/mol. The van der Waals surface area contributed by atoms with Gasteiger partial charge in [0.2, 0.25) is 5.91 Å². The lowest BCUT2D eigenvalue weighted by Crippen LogP contribution is -2.51. The molecule has 0 saturated carbocycles. The Balaban J connectivity index is 1.50. The molecule has 132 valence electrons. The summed E-state index contributed by atoms with van der Waals surface area (Å²) in [5.41, 5.74) is 1.98. The molecule has 2 saturated heterocycles. The van der Waals surface area contributed by atoms with E-state index in [0.717, 1.165) is 43.1 Å². The van der Waals surface area contributed by atoms with E-state index in [-0.39, 0.29) is 5.91 Å². The van der Waals surface area contributed by atoms with E-state index in [0.29, 0.717) is 25.0 Å². The fraction of sp³-hybridized carbons (Fsp3) is 0.526. The van der Waals surface area contributed by atoms with Gasteiger partial charge in [0, 0.05) is 50.2 Å². The van der Waals surface area contributed by atoms with E-state index in [4.69, 9.17) is 0 Å². The standard InChI is InChI=1S/C19H25N5O/c1-14-4-3-5-15(21-14)12-24-17-8-10-23(16(17)6-7-19(24)25)13-18-20-9-11-22(18)2/h3-5,9,11,16-17H,6-8,10,12-13H2,1-2H3/t16-,17-/m1/s1. The van der Waals surface area contributed by atoms with Crippen LogP contribution < -0.4 is 0 Å². The predicted molar refractivity (Wildman–Crippen MR) is 94.6 cm³/mol. The molecule has 0 aliphatic carbocycles. The van der Waals surface area contributed by atoms with Crippen molar-refractivity contribution in [2.24, 2.45) is 7.05 Å². The Hall–Kier alpha value is -2.21. The molecule has 4 heterocycles. The molecular weight excluding hydrogens is 314 g/mol. The van der Waals surface area contributed by atoms with Gasteiger partial charge in [-0.3, -0.25) is 14.7 Å². The quantitative estimate of drug-likeness (QED) is 0.854. The molecule has 2 aliphatic heterocycles. The van der Waals surface area contributed by atoms with Crippen molar-refractivity contribution >= 4 is 5.91 Å². The zero-order valence-corrected chi connectivity index (χ0v) is 14.9. The van der Waals surface area contributed by atoms with Crippen molar-refractivity contribution < 1.29 is 4.79 Å². The van der Waals surface area contributed by atoms with Crippen molar-refractivity contribution in [1.82, 2.24) is 24.3 Å². The molecule has 1 amide bonds. The lowest BCUT2D eigenvalue weighted by atomic mass is 9.96. The Labute approximate surface area is 148 Å². The van der Waals surface area contributed by atoms with Gasteiger partial charge in [-0.15, -0.1) is 0 Å². The van der Waals surface area contributed by atoms with Gasteiger partial charge in [0.05, 0.1) is 18.8 Å². The van der Waals surface area contributed by atoms with Gasteiger partial charge >= 0.3 is 0 Å². The number of hydrogen-bond donors (Lipinski definition) is 0. The maximum Gasteiger partial charge on any atom is 0.223 e. The third kappa shape index (κ3) is 3.18. The molecule has 0 unspecified atom stereocenters. The Bertz CT molecular complexity index is 771. The van der Waals surface area contributed by atoms with Gasteiger partial charge in [-0.1, -0.05) is 6.07 Å². The molecule has 6 nitrogen and oxygen atoms in total. The lowest BCUT2D eigenvalue weighted by Gasteiger charge is -2.39. The number of carbonyl (C=O) groups excluding carboxylic acids is 1. The zero-order valence-electron chi connectivity index (χ0n) is 14.9. The largest absolute Gasteiger partial charge is 0.337 e. The first-order chi connectivity index (χ1) is 12.1. The summed E-state index contributed by atoms with van der Waals surface area (Å²) in [4.78, 5) is 26.2. The fourth-order valence-corrected chi connectivity index (χ4v) is 4.23. The number of rotatable bonds is 4. The Morgan fingerprint density at radius 1 is 1.20 bits per heavy atom. The van der Waals surface area contributed by atoms with E-state index in [9.17, 15) is 4.79 Å². The van der Waals surface area contributed by atoms with Gasteiger partial charge in [-0.25, -0.2) is 4.98 Å². The Morgan fingerprint density at radius 3 is 2.84 bits per heavy atom. The molecule has 0 N–H and O–H groups in total. The fourth-order valence-electron chi connectivity index (χ4n) is 4.23. The summed E-state index contributed by atoms with van der Waals surface area (Å²) in [6, 6.07) is 6.76. The van der Waals surface area contributed by atoms with Gasteiger partial charge in [0.15, 0.2) is 0 Å². The number of fused-ring (bicyclic) bond motifs is 1. The topological polar surface area (TPSA) is 54.3 Å². The van der Waals surface area contributed by atoms with Crippen LogP contribution in [0.3, 0.4) is 0 Å². The second-order valence-corrected chi connectivity index (χ2v) is 7.18. The number of hydrogen-bond acceptors (Lipinski definition) is 4. The number of likely N-dealkylation sites (tertiary alicyclic amines) is 2. The van der Waals surface area contributed by atoms with E-state index < -0.39 is 0 Å². The molecule has 2 atom stereocenters. The SMILES string of the molecule is Cc1cccc(CN2C(=O)CC[C@@H]3[C@H]2CCN3Cc2nccn2C)n1. The van der Waals surface area contributed by atoms with Crippen LogP contribution in [-0.4, -0.2) is 48.9 Å². The number of piperidine rings is 1. The molecule has 4 rings (SSSR count). The predicted octanol–water partition coefficient (Wildman–Crippen LogP) is 1.89. The van der Waals surface area contributed by atoms with Gasteiger partial charge in [-0.05, 0) is 31.9 Å². The molecule has 2 aliphatic rings. The van der Waals surface area contributed by atoms with Crippen LogP contribution in [0.25, 0.3) is 0 Å². The van der Waals surface area contributed by atoms with Crippen LogP contribution in [0.4, 0.5) is 0 Å². The van der Waals surface area contributed by atoms with Crippen molar-refractivity contribution in [2.45, 2.75) is 51.4 Å². The highest BCUT2D eigenvalue weighted by Crippen LogP contribution is 2.33. The zero-order chi connectivity index (χ0) is 17.4. The van der Waals surface area contributed by atoms with Crippen LogP contribution in [-0.2, 0) is 24.9 Å². The Morgan fingerprint density at radius 2 is 2.08 bits per heavy atom. The molecular formula is C19H25N5O. The highest BCUT2D eigenvalue weighted by molar-refractivity contribution is 5.77. The summed E-state index contributed by atoms with van der Waals surface area (Å²) >= 11 is 0.